The standard InChI is InChI=1S/C20H14N2O3/c23-19(13-25-20(24)14-6-5-11-21-12-14)22-17-9-3-1-7-15(17)16-8-2-4-10-18(16)22/h1-12H,13H2. The van der Waals surface area contributed by atoms with Crippen LogP contribution in [-0.4, -0.2) is 28.0 Å². The Labute approximate surface area is 143 Å². The summed E-state index contributed by atoms with van der Waals surface area (Å²) < 4.78 is 6.76. The number of hydrogen-bond donors (Lipinski definition) is 0. The van der Waals surface area contributed by atoms with Gasteiger partial charge < -0.3 is 4.74 Å². The highest BCUT2D eigenvalue weighted by molar-refractivity contribution is 6.13. The SMILES string of the molecule is O=C(OCC(=O)n1c2ccccc2c2ccccc21)c1cccnc1. The van der Waals surface area contributed by atoms with E-state index in [9.17, 15) is 9.59 Å². The lowest BCUT2D eigenvalue weighted by Gasteiger charge is -2.07. The molecule has 0 aliphatic rings. The van der Waals surface area contributed by atoms with Crippen molar-refractivity contribution in [1.29, 1.82) is 0 Å². The molecule has 2 aromatic heterocycles. The zero-order valence-corrected chi connectivity index (χ0v) is 13.3. The van der Waals surface area contributed by atoms with Crippen LogP contribution in [-0.2, 0) is 4.74 Å². The van der Waals surface area contributed by atoms with Crippen LogP contribution in [0.4, 0.5) is 0 Å². The molecule has 4 aromatic rings. The number of hydrogen-bond acceptors (Lipinski definition) is 4. The molecule has 5 heteroatoms. The molecule has 0 atom stereocenters. The highest BCUT2D eigenvalue weighted by Crippen LogP contribution is 2.28. The molecule has 0 saturated heterocycles. The van der Waals surface area contributed by atoms with E-state index in [-0.39, 0.29) is 12.5 Å². The van der Waals surface area contributed by atoms with Crippen molar-refractivity contribution in [3.8, 4) is 0 Å². The van der Waals surface area contributed by atoms with Gasteiger partial charge in [0.25, 0.3) is 5.91 Å². The first-order valence-electron chi connectivity index (χ1n) is 7.84. The third-order valence-electron chi connectivity index (χ3n) is 4.05. The maximum absolute atomic E-state index is 12.7. The Balaban J connectivity index is 1.67. The fourth-order valence-electron chi connectivity index (χ4n) is 2.95. The van der Waals surface area contributed by atoms with Crippen molar-refractivity contribution >= 4 is 33.7 Å². The van der Waals surface area contributed by atoms with Crippen LogP contribution in [0.3, 0.4) is 0 Å². The molecular weight excluding hydrogens is 316 g/mol. The van der Waals surface area contributed by atoms with Crippen LogP contribution in [0.5, 0.6) is 0 Å². The lowest BCUT2D eigenvalue weighted by molar-refractivity contribution is 0.0451. The fraction of sp³-hybridized carbons (Fsp3) is 0.0500. The van der Waals surface area contributed by atoms with Gasteiger partial charge in [-0.3, -0.25) is 14.3 Å². The quantitative estimate of drug-likeness (QED) is 0.538. The smallest absolute Gasteiger partial charge is 0.340 e. The summed E-state index contributed by atoms with van der Waals surface area (Å²) in [7, 11) is 0. The molecule has 0 unspecified atom stereocenters. The summed E-state index contributed by atoms with van der Waals surface area (Å²) in [6.45, 7) is -0.337. The maximum Gasteiger partial charge on any atom is 0.340 e. The van der Waals surface area contributed by atoms with Crippen LogP contribution >= 0.6 is 0 Å². The van der Waals surface area contributed by atoms with Gasteiger partial charge in [0, 0.05) is 23.2 Å². The minimum Gasteiger partial charge on any atom is -0.452 e. The van der Waals surface area contributed by atoms with E-state index in [1.165, 1.54) is 6.20 Å². The van der Waals surface area contributed by atoms with E-state index < -0.39 is 5.97 Å². The number of nitrogens with zero attached hydrogens (tertiary/aromatic N) is 2. The van der Waals surface area contributed by atoms with E-state index >= 15 is 0 Å². The van der Waals surface area contributed by atoms with Gasteiger partial charge in [0.05, 0.1) is 16.6 Å². The lowest BCUT2D eigenvalue weighted by atomic mass is 10.2. The number of para-hydroxylation sites is 2. The van der Waals surface area contributed by atoms with Crippen molar-refractivity contribution in [2.75, 3.05) is 6.61 Å². The van der Waals surface area contributed by atoms with Crippen molar-refractivity contribution in [3.05, 3.63) is 78.6 Å². The van der Waals surface area contributed by atoms with E-state index in [4.69, 9.17) is 4.74 Å². The maximum atomic E-state index is 12.7. The van der Waals surface area contributed by atoms with Gasteiger partial charge >= 0.3 is 5.97 Å². The summed E-state index contributed by atoms with van der Waals surface area (Å²) in [6.07, 6.45) is 2.98. The van der Waals surface area contributed by atoms with Crippen molar-refractivity contribution in [3.63, 3.8) is 0 Å². The first kappa shape index (κ1) is 15.1. The molecule has 122 valence electrons. The highest BCUT2D eigenvalue weighted by Gasteiger charge is 2.17. The van der Waals surface area contributed by atoms with E-state index in [0.29, 0.717) is 5.56 Å². The highest BCUT2D eigenvalue weighted by atomic mass is 16.5. The molecule has 25 heavy (non-hydrogen) atoms. The van der Waals surface area contributed by atoms with Gasteiger partial charge in [0.2, 0.25) is 0 Å². The van der Waals surface area contributed by atoms with E-state index in [1.807, 2.05) is 48.5 Å². The molecule has 0 amide bonds. The number of ether oxygens (including phenoxy) is 1. The Morgan fingerprint density at radius 1 is 0.880 bits per heavy atom. The summed E-state index contributed by atoms with van der Waals surface area (Å²) in [5.41, 5.74) is 1.91. The third-order valence-corrected chi connectivity index (χ3v) is 4.05. The molecule has 0 fully saturated rings. The zero-order chi connectivity index (χ0) is 17.2. The Hall–Kier alpha value is -3.47. The number of rotatable bonds is 3. The second-order valence-electron chi connectivity index (χ2n) is 5.58. The first-order valence-corrected chi connectivity index (χ1v) is 7.84. The molecular formula is C20H14N2O3. The van der Waals surface area contributed by atoms with Gasteiger partial charge in [-0.2, -0.15) is 0 Å². The molecule has 4 rings (SSSR count). The van der Waals surface area contributed by atoms with E-state index in [0.717, 1.165) is 21.8 Å². The number of carbonyl (C=O) groups is 2. The summed E-state index contributed by atoms with van der Waals surface area (Å²) in [5, 5.41) is 1.98. The van der Waals surface area contributed by atoms with Gasteiger partial charge in [0.15, 0.2) is 6.61 Å². The number of aromatic nitrogens is 2. The molecule has 0 aliphatic heterocycles. The van der Waals surface area contributed by atoms with Gasteiger partial charge in [-0.15, -0.1) is 0 Å². The van der Waals surface area contributed by atoms with E-state index in [2.05, 4.69) is 4.98 Å². The zero-order valence-electron chi connectivity index (χ0n) is 13.3. The van der Waals surface area contributed by atoms with Gasteiger partial charge in [-0.1, -0.05) is 36.4 Å². The fourth-order valence-corrected chi connectivity index (χ4v) is 2.95. The molecule has 0 saturated carbocycles. The summed E-state index contributed by atoms with van der Waals surface area (Å²) >= 11 is 0. The molecule has 0 spiro atoms. The monoisotopic (exact) mass is 330 g/mol. The summed E-state index contributed by atoms with van der Waals surface area (Å²) in [6, 6.07) is 18.6. The normalized spacial score (nSPS) is 10.9. The van der Waals surface area contributed by atoms with Gasteiger partial charge in [-0.05, 0) is 24.3 Å². The molecule has 2 aromatic carbocycles. The minimum absolute atomic E-state index is 0.297. The summed E-state index contributed by atoms with van der Waals surface area (Å²) in [5.74, 6) is -0.864. The van der Waals surface area contributed by atoms with Crippen molar-refractivity contribution in [1.82, 2.24) is 9.55 Å². The summed E-state index contributed by atoms with van der Waals surface area (Å²) in [4.78, 5) is 28.6. The van der Waals surface area contributed by atoms with Crippen molar-refractivity contribution < 1.29 is 14.3 Å². The lowest BCUT2D eigenvalue weighted by Crippen LogP contribution is -2.20. The molecule has 0 bridgehead atoms. The van der Waals surface area contributed by atoms with Crippen LogP contribution in [0.2, 0.25) is 0 Å². The van der Waals surface area contributed by atoms with Crippen LogP contribution < -0.4 is 0 Å². The number of esters is 1. The van der Waals surface area contributed by atoms with Gasteiger partial charge in [0.1, 0.15) is 0 Å². The number of pyridine rings is 1. The molecule has 2 heterocycles. The average Bonchev–Trinajstić information content (AvgIpc) is 3.01. The Kier molecular flexibility index (Phi) is 3.74. The number of fused-ring (bicyclic) bond motifs is 3. The van der Waals surface area contributed by atoms with E-state index in [1.54, 1.807) is 22.9 Å². The molecule has 0 aliphatic carbocycles. The van der Waals surface area contributed by atoms with Crippen LogP contribution in [0.15, 0.2) is 73.1 Å². The number of benzene rings is 2. The second-order valence-corrected chi connectivity index (χ2v) is 5.58. The first-order chi connectivity index (χ1) is 12.3. The predicted molar refractivity (Wildman–Crippen MR) is 94.6 cm³/mol. The topological polar surface area (TPSA) is 61.2 Å². The van der Waals surface area contributed by atoms with Crippen molar-refractivity contribution in [2.45, 2.75) is 0 Å². The van der Waals surface area contributed by atoms with Crippen LogP contribution in [0, 0.1) is 0 Å². The largest absolute Gasteiger partial charge is 0.452 e. The minimum atomic E-state index is -0.567. The Bertz CT molecular complexity index is 1030. The molecule has 0 radical (unpaired) electrons. The van der Waals surface area contributed by atoms with Crippen LogP contribution in [0.25, 0.3) is 21.8 Å². The van der Waals surface area contributed by atoms with Crippen molar-refractivity contribution in [2.24, 2.45) is 0 Å². The Morgan fingerprint density at radius 2 is 1.52 bits per heavy atom. The second kappa shape index (κ2) is 6.20. The average molecular weight is 330 g/mol. The predicted octanol–water partition coefficient (Wildman–Crippen LogP) is 3.69. The molecule has 5 nitrogen and oxygen atoms in total. The Morgan fingerprint density at radius 3 is 2.12 bits per heavy atom. The number of carbonyl (C=O) groups excluding carboxylic acids is 2. The third kappa shape index (κ3) is 2.65. The van der Waals surface area contributed by atoms with Gasteiger partial charge in [-0.25, -0.2) is 4.79 Å². The van der Waals surface area contributed by atoms with Crippen LogP contribution in [0.1, 0.15) is 15.2 Å². The molecule has 0 N–H and O–H groups in total.